The van der Waals surface area contributed by atoms with Gasteiger partial charge in [0.25, 0.3) is 0 Å². The zero-order chi connectivity index (χ0) is 22.2. The van der Waals surface area contributed by atoms with Gasteiger partial charge in [-0.05, 0) is 97.7 Å². The van der Waals surface area contributed by atoms with Crippen LogP contribution in [-0.4, -0.2) is 24.4 Å². The van der Waals surface area contributed by atoms with Crippen molar-refractivity contribution in [2.45, 2.75) is 111 Å². The molecule has 1 N–H and O–H groups in total. The van der Waals surface area contributed by atoms with Crippen LogP contribution in [0.2, 0.25) is 0 Å². The van der Waals surface area contributed by atoms with Gasteiger partial charge in [0.1, 0.15) is 0 Å². The Morgan fingerprint density at radius 1 is 1.03 bits per heavy atom. The zero-order valence-electron chi connectivity index (χ0n) is 21.2. The first-order valence-corrected chi connectivity index (χ1v) is 13.7. The zero-order valence-corrected chi connectivity index (χ0v) is 21.2. The summed E-state index contributed by atoms with van der Waals surface area (Å²) in [5.74, 6) is 5.44. The Labute approximate surface area is 192 Å². The van der Waals surface area contributed by atoms with Gasteiger partial charge in [-0.3, -0.25) is 0 Å². The normalized spacial score (nSPS) is 43.2. The molecule has 0 heterocycles. The molecule has 31 heavy (non-hydrogen) atoms. The number of ether oxygens (including phenoxy) is 1. The molecule has 0 aromatic heterocycles. The highest BCUT2D eigenvalue weighted by molar-refractivity contribution is 5.25. The van der Waals surface area contributed by atoms with Crippen LogP contribution in [0, 0.1) is 46.3 Å². The Hall–Kier alpha value is -0.340. The Bertz CT molecular complexity index is 639. The Morgan fingerprint density at radius 3 is 2.58 bits per heavy atom. The summed E-state index contributed by atoms with van der Waals surface area (Å²) in [5.41, 5.74) is 2.69. The van der Waals surface area contributed by atoms with Gasteiger partial charge in [0.05, 0.1) is 19.3 Å². The number of hydrogen-bond acceptors (Lipinski definition) is 2. The number of aliphatic hydroxyl groups excluding tert-OH is 1. The topological polar surface area (TPSA) is 29.5 Å². The summed E-state index contributed by atoms with van der Waals surface area (Å²) in [6.07, 6.45) is 18.0. The number of fused-ring (bicyclic) bond motifs is 5. The highest BCUT2D eigenvalue weighted by Crippen LogP contribution is 2.67. The third-order valence-corrected chi connectivity index (χ3v) is 10.7. The maximum Gasteiger partial charge on any atom is 0.0701 e. The van der Waals surface area contributed by atoms with Crippen LogP contribution < -0.4 is 0 Å². The highest BCUT2D eigenvalue weighted by atomic mass is 16.5. The molecular weight excluding hydrogens is 380 g/mol. The summed E-state index contributed by atoms with van der Waals surface area (Å²) in [5, 5.41) is 9.14. The SMILES string of the molecule is CC(C)CCC[C@@H](C)C1CCC2C3CC=C4C[C@@H](OCCO)CC[C@]4(C)C3CC[C@@]21C. The lowest BCUT2D eigenvalue weighted by atomic mass is 9.47. The fourth-order valence-corrected chi connectivity index (χ4v) is 9.01. The molecule has 8 atom stereocenters. The van der Waals surface area contributed by atoms with Crippen LogP contribution in [0.15, 0.2) is 11.6 Å². The summed E-state index contributed by atoms with van der Waals surface area (Å²) >= 11 is 0. The number of allylic oxidation sites excluding steroid dienone is 1. The fraction of sp³-hybridized carbons (Fsp3) is 0.931. The minimum atomic E-state index is 0.148. The predicted octanol–water partition coefficient (Wildman–Crippen LogP) is 7.41. The highest BCUT2D eigenvalue weighted by Gasteiger charge is 2.59. The second-order valence-electron chi connectivity index (χ2n) is 12.7. The van der Waals surface area contributed by atoms with E-state index in [1.807, 2.05) is 0 Å². The Morgan fingerprint density at radius 2 is 1.84 bits per heavy atom. The molecular formula is C29H50O2. The van der Waals surface area contributed by atoms with E-state index in [4.69, 9.17) is 9.84 Å². The largest absolute Gasteiger partial charge is 0.394 e. The van der Waals surface area contributed by atoms with Crippen molar-refractivity contribution in [3.05, 3.63) is 11.6 Å². The van der Waals surface area contributed by atoms with Crippen LogP contribution in [-0.2, 0) is 4.74 Å². The van der Waals surface area contributed by atoms with Gasteiger partial charge in [-0.1, -0.05) is 65.5 Å². The first kappa shape index (κ1) is 23.8. The van der Waals surface area contributed by atoms with Gasteiger partial charge in [0.2, 0.25) is 0 Å². The van der Waals surface area contributed by atoms with E-state index in [0.29, 0.717) is 23.5 Å². The van der Waals surface area contributed by atoms with Crippen molar-refractivity contribution in [3.63, 3.8) is 0 Å². The van der Waals surface area contributed by atoms with Gasteiger partial charge in [0, 0.05) is 0 Å². The molecule has 2 heteroatoms. The molecule has 0 radical (unpaired) electrons. The van der Waals surface area contributed by atoms with Crippen molar-refractivity contribution in [2.75, 3.05) is 13.2 Å². The van der Waals surface area contributed by atoms with Gasteiger partial charge in [-0.2, -0.15) is 0 Å². The van der Waals surface area contributed by atoms with E-state index >= 15 is 0 Å². The molecule has 3 saturated carbocycles. The van der Waals surface area contributed by atoms with Crippen molar-refractivity contribution in [1.82, 2.24) is 0 Å². The average molecular weight is 431 g/mol. The lowest BCUT2D eigenvalue weighted by Crippen LogP contribution is -2.51. The van der Waals surface area contributed by atoms with Crippen molar-refractivity contribution < 1.29 is 9.84 Å². The van der Waals surface area contributed by atoms with E-state index < -0.39 is 0 Å². The fourth-order valence-electron chi connectivity index (χ4n) is 9.01. The van der Waals surface area contributed by atoms with E-state index in [2.05, 4.69) is 40.7 Å². The van der Waals surface area contributed by atoms with Gasteiger partial charge < -0.3 is 9.84 Å². The van der Waals surface area contributed by atoms with Gasteiger partial charge in [0.15, 0.2) is 0 Å². The molecule has 4 aliphatic rings. The van der Waals surface area contributed by atoms with E-state index in [1.165, 1.54) is 64.2 Å². The maximum atomic E-state index is 9.14. The third-order valence-electron chi connectivity index (χ3n) is 10.7. The first-order valence-electron chi connectivity index (χ1n) is 13.7. The molecule has 0 aromatic rings. The molecule has 4 aliphatic carbocycles. The predicted molar refractivity (Wildman–Crippen MR) is 130 cm³/mol. The summed E-state index contributed by atoms with van der Waals surface area (Å²) in [7, 11) is 0. The molecule has 0 spiro atoms. The van der Waals surface area contributed by atoms with Gasteiger partial charge in [-0.25, -0.2) is 0 Å². The van der Waals surface area contributed by atoms with Crippen LogP contribution >= 0.6 is 0 Å². The monoisotopic (exact) mass is 430 g/mol. The van der Waals surface area contributed by atoms with E-state index in [1.54, 1.807) is 5.57 Å². The number of hydrogen-bond donors (Lipinski definition) is 1. The van der Waals surface area contributed by atoms with Crippen LogP contribution in [0.5, 0.6) is 0 Å². The second kappa shape index (κ2) is 9.49. The smallest absolute Gasteiger partial charge is 0.0701 e. The molecule has 178 valence electrons. The minimum Gasteiger partial charge on any atom is -0.394 e. The lowest BCUT2D eigenvalue weighted by molar-refractivity contribution is -0.0658. The molecule has 0 aromatic carbocycles. The molecule has 4 rings (SSSR count). The molecule has 0 saturated heterocycles. The van der Waals surface area contributed by atoms with Crippen LogP contribution in [0.3, 0.4) is 0 Å². The number of rotatable bonds is 8. The number of aliphatic hydroxyl groups is 1. The summed E-state index contributed by atoms with van der Waals surface area (Å²) in [6, 6.07) is 0. The van der Waals surface area contributed by atoms with Crippen molar-refractivity contribution in [3.8, 4) is 0 Å². The second-order valence-corrected chi connectivity index (χ2v) is 12.7. The van der Waals surface area contributed by atoms with E-state index in [9.17, 15) is 0 Å². The molecule has 2 nitrogen and oxygen atoms in total. The minimum absolute atomic E-state index is 0.148. The first-order chi connectivity index (χ1) is 14.8. The molecule has 0 aliphatic heterocycles. The molecule has 0 amide bonds. The third kappa shape index (κ3) is 4.42. The quantitative estimate of drug-likeness (QED) is 0.406. The standard InChI is InChI=1S/C29H50O2/c1-20(2)7-6-8-21(3)25-11-12-26-24-10-9-22-19-23(31-18-17-30)13-15-28(22,4)27(24)14-16-29(25,26)5/h9,20-21,23-27,30H,6-8,10-19H2,1-5H3/t21-,23+,24?,25?,26?,27?,28+,29-/m1/s1. The lowest BCUT2D eigenvalue weighted by Gasteiger charge is -2.58. The van der Waals surface area contributed by atoms with Crippen LogP contribution in [0.25, 0.3) is 0 Å². The molecule has 3 fully saturated rings. The maximum absolute atomic E-state index is 9.14. The Balaban J connectivity index is 1.45. The van der Waals surface area contributed by atoms with Crippen molar-refractivity contribution in [2.24, 2.45) is 46.3 Å². The molecule has 4 unspecified atom stereocenters. The van der Waals surface area contributed by atoms with Crippen LogP contribution in [0.4, 0.5) is 0 Å². The van der Waals surface area contributed by atoms with Crippen molar-refractivity contribution >= 4 is 0 Å². The van der Waals surface area contributed by atoms with Gasteiger partial charge >= 0.3 is 0 Å². The van der Waals surface area contributed by atoms with Crippen LogP contribution in [0.1, 0.15) is 105 Å². The average Bonchev–Trinajstić information content (AvgIpc) is 3.09. The summed E-state index contributed by atoms with van der Waals surface area (Å²) < 4.78 is 5.94. The summed E-state index contributed by atoms with van der Waals surface area (Å²) in [4.78, 5) is 0. The van der Waals surface area contributed by atoms with Crippen molar-refractivity contribution in [1.29, 1.82) is 0 Å². The van der Waals surface area contributed by atoms with E-state index in [0.717, 1.165) is 41.9 Å². The van der Waals surface area contributed by atoms with Gasteiger partial charge in [-0.15, -0.1) is 0 Å². The molecule has 0 bridgehead atoms. The van der Waals surface area contributed by atoms with E-state index in [-0.39, 0.29) is 6.61 Å². The summed E-state index contributed by atoms with van der Waals surface area (Å²) in [6.45, 7) is 13.3. The Kier molecular flexibility index (Phi) is 7.29.